The number of pyridine rings is 1. The molecule has 0 atom stereocenters. The maximum Gasteiger partial charge on any atom is 0.255 e. The highest BCUT2D eigenvalue weighted by Crippen LogP contribution is 2.27. The van der Waals surface area contributed by atoms with E-state index in [2.05, 4.69) is 15.6 Å². The molecule has 1 heterocycles. The summed E-state index contributed by atoms with van der Waals surface area (Å²) in [5, 5.41) is 6.11. The minimum atomic E-state index is -0.156. The van der Waals surface area contributed by atoms with Gasteiger partial charge in [-0.1, -0.05) is 24.3 Å². The molecule has 144 valence electrons. The predicted octanol–water partition coefficient (Wildman–Crippen LogP) is 4.01. The van der Waals surface area contributed by atoms with Crippen LogP contribution in [0.3, 0.4) is 0 Å². The van der Waals surface area contributed by atoms with Crippen molar-refractivity contribution < 1.29 is 14.3 Å². The predicted molar refractivity (Wildman–Crippen MR) is 110 cm³/mol. The van der Waals surface area contributed by atoms with Crippen LogP contribution in [-0.4, -0.2) is 31.7 Å². The Morgan fingerprint density at radius 1 is 0.964 bits per heavy atom. The average molecular weight is 377 g/mol. The number of rotatable bonds is 8. The van der Waals surface area contributed by atoms with Crippen LogP contribution in [0.25, 0.3) is 0 Å². The zero-order chi connectivity index (χ0) is 19.8. The number of nitrogens with one attached hydrogen (secondary N) is 2. The normalized spacial score (nSPS) is 10.2. The first-order valence-electron chi connectivity index (χ1n) is 8.97. The summed E-state index contributed by atoms with van der Waals surface area (Å²) in [5.74, 6) is 2.03. The largest absolute Gasteiger partial charge is 0.493 e. The number of aromatic nitrogens is 1. The number of carbonyl (C=O) groups is 1. The van der Waals surface area contributed by atoms with E-state index in [1.807, 2.05) is 48.5 Å². The number of benzene rings is 2. The van der Waals surface area contributed by atoms with Gasteiger partial charge in [-0.3, -0.25) is 4.79 Å². The number of anilines is 2. The summed E-state index contributed by atoms with van der Waals surface area (Å²) in [4.78, 5) is 16.5. The topological polar surface area (TPSA) is 72.5 Å². The van der Waals surface area contributed by atoms with Gasteiger partial charge in [0.05, 0.1) is 26.1 Å². The van der Waals surface area contributed by atoms with Gasteiger partial charge in [0.25, 0.3) is 5.91 Å². The molecule has 1 amide bonds. The van der Waals surface area contributed by atoms with Crippen molar-refractivity contribution in [3.8, 4) is 11.5 Å². The number of methoxy groups -OCH3 is 2. The highest BCUT2D eigenvalue weighted by Gasteiger charge is 2.06. The molecule has 28 heavy (non-hydrogen) atoms. The second kappa shape index (κ2) is 9.41. The van der Waals surface area contributed by atoms with Crippen molar-refractivity contribution in [1.82, 2.24) is 4.98 Å². The highest BCUT2D eigenvalue weighted by atomic mass is 16.5. The number of hydrogen-bond donors (Lipinski definition) is 2. The molecule has 0 unspecified atom stereocenters. The number of carbonyl (C=O) groups excluding carboxylic acids is 1. The summed E-state index contributed by atoms with van der Waals surface area (Å²) in [5.41, 5.74) is 2.40. The second-order valence-electron chi connectivity index (χ2n) is 6.12. The fourth-order valence-corrected chi connectivity index (χ4v) is 2.74. The van der Waals surface area contributed by atoms with Crippen molar-refractivity contribution in [3.05, 3.63) is 78.0 Å². The summed E-state index contributed by atoms with van der Waals surface area (Å²) in [6.07, 6.45) is 2.45. The molecule has 0 saturated carbocycles. The molecule has 3 aromatic rings. The molecule has 1 aromatic heterocycles. The van der Waals surface area contributed by atoms with Crippen molar-refractivity contribution in [2.75, 3.05) is 31.4 Å². The minimum Gasteiger partial charge on any atom is -0.493 e. The molecule has 0 bridgehead atoms. The third-order valence-corrected chi connectivity index (χ3v) is 4.23. The Kier molecular flexibility index (Phi) is 6.46. The zero-order valence-corrected chi connectivity index (χ0v) is 15.9. The molecule has 2 aromatic carbocycles. The Morgan fingerprint density at radius 2 is 1.75 bits per heavy atom. The maximum absolute atomic E-state index is 12.2. The molecule has 0 aliphatic carbocycles. The Balaban J connectivity index is 1.51. The first-order valence-corrected chi connectivity index (χ1v) is 8.97. The summed E-state index contributed by atoms with van der Waals surface area (Å²) < 4.78 is 10.6. The molecule has 3 rings (SSSR count). The summed E-state index contributed by atoms with van der Waals surface area (Å²) in [6, 6.07) is 18.6. The number of ether oxygens (including phenoxy) is 2. The smallest absolute Gasteiger partial charge is 0.255 e. The number of hydrogen-bond acceptors (Lipinski definition) is 5. The molecule has 2 N–H and O–H groups in total. The second-order valence-corrected chi connectivity index (χ2v) is 6.12. The van der Waals surface area contributed by atoms with Crippen LogP contribution in [0.4, 0.5) is 11.5 Å². The molecule has 0 saturated heterocycles. The van der Waals surface area contributed by atoms with Gasteiger partial charge in [0.1, 0.15) is 5.82 Å². The Morgan fingerprint density at radius 3 is 2.43 bits per heavy atom. The van der Waals surface area contributed by atoms with E-state index in [1.54, 1.807) is 32.5 Å². The minimum absolute atomic E-state index is 0.156. The molecular formula is C22H23N3O3. The van der Waals surface area contributed by atoms with Gasteiger partial charge in [-0.05, 0) is 48.4 Å². The van der Waals surface area contributed by atoms with Crippen molar-refractivity contribution in [1.29, 1.82) is 0 Å². The van der Waals surface area contributed by atoms with Gasteiger partial charge >= 0.3 is 0 Å². The van der Waals surface area contributed by atoms with Crippen LogP contribution in [0.15, 0.2) is 66.9 Å². The SMILES string of the molecule is COc1ccc(CCNc2ccc(NC(=O)c3ccccc3)cn2)cc1OC. The highest BCUT2D eigenvalue weighted by molar-refractivity contribution is 6.04. The fourth-order valence-electron chi connectivity index (χ4n) is 2.74. The van der Waals surface area contributed by atoms with E-state index in [0.717, 1.165) is 30.1 Å². The summed E-state index contributed by atoms with van der Waals surface area (Å²) in [6.45, 7) is 0.720. The molecule has 0 radical (unpaired) electrons. The van der Waals surface area contributed by atoms with Gasteiger partial charge in [0.15, 0.2) is 11.5 Å². The van der Waals surface area contributed by atoms with Crippen LogP contribution in [0.2, 0.25) is 0 Å². The standard InChI is InChI=1S/C22H23N3O3/c1-27-19-10-8-16(14-20(19)28-2)12-13-23-21-11-9-18(15-24-21)25-22(26)17-6-4-3-5-7-17/h3-11,14-15H,12-13H2,1-2H3,(H,23,24)(H,25,26). The molecule has 0 aliphatic heterocycles. The third-order valence-electron chi connectivity index (χ3n) is 4.23. The quantitative estimate of drug-likeness (QED) is 0.621. The number of nitrogens with zero attached hydrogens (tertiary/aromatic N) is 1. The lowest BCUT2D eigenvalue weighted by Gasteiger charge is -2.10. The van der Waals surface area contributed by atoms with Crippen LogP contribution >= 0.6 is 0 Å². The van der Waals surface area contributed by atoms with Crippen molar-refractivity contribution >= 4 is 17.4 Å². The van der Waals surface area contributed by atoms with E-state index in [1.165, 1.54) is 0 Å². The van der Waals surface area contributed by atoms with E-state index < -0.39 is 0 Å². The van der Waals surface area contributed by atoms with E-state index in [0.29, 0.717) is 17.0 Å². The third kappa shape index (κ3) is 5.01. The molecule has 0 spiro atoms. The van der Waals surface area contributed by atoms with E-state index in [4.69, 9.17) is 9.47 Å². The van der Waals surface area contributed by atoms with Crippen LogP contribution in [0.1, 0.15) is 15.9 Å². The van der Waals surface area contributed by atoms with Gasteiger partial charge in [0, 0.05) is 12.1 Å². The molecule has 6 heteroatoms. The monoisotopic (exact) mass is 377 g/mol. The van der Waals surface area contributed by atoms with Gasteiger partial charge in [-0.25, -0.2) is 4.98 Å². The van der Waals surface area contributed by atoms with E-state index >= 15 is 0 Å². The number of amides is 1. The Labute approximate surface area is 164 Å². The van der Waals surface area contributed by atoms with Crippen LogP contribution in [0.5, 0.6) is 11.5 Å². The van der Waals surface area contributed by atoms with Crippen molar-refractivity contribution in [3.63, 3.8) is 0 Å². The lowest BCUT2D eigenvalue weighted by Crippen LogP contribution is -2.12. The van der Waals surface area contributed by atoms with E-state index in [-0.39, 0.29) is 5.91 Å². The van der Waals surface area contributed by atoms with Crippen LogP contribution < -0.4 is 20.1 Å². The lowest BCUT2D eigenvalue weighted by atomic mass is 10.1. The molecule has 6 nitrogen and oxygen atoms in total. The average Bonchev–Trinajstić information content (AvgIpc) is 2.75. The van der Waals surface area contributed by atoms with Crippen LogP contribution in [0, 0.1) is 0 Å². The van der Waals surface area contributed by atoms with Gasteiger partial charge < -0.3 is 20.1 Å². The Bertz CT molecular complexity index is 912. The first-order chi connectivity index (χ1) is 13.7. The summed E-state index contributed by atoms with van der Waals surface area (Å²) >= 11 is 0. The first kappa shape index (κ1) is 19.2. The van der Waals surface area contributed by atoms with Gasteiger partial charge in [-0.2, -0.15) is 0 Å². The summed E-state index contributed by atoms with van der Waals surface area (Å²) in [7, 11) is 3.25. The maximum atomic E-state index is 12.2. The van der Waals surface area contributed by atoms with Crippen molar-refractivity contribution in [2.45, 2.75) is 6.42 Å². The zero-order valence-electron chi connectivity index (χ0n) is 15.9. The van der Waals surface area contributed by atoms with Crippen molar-refractivity contribution in [2.24, 2.45) is 0 Å². The lowest BCUT2D eigenvalue weighted by molar-refractivity contribution is 0.102. The van der Waals surface area contributed by atoms with Crippen LogP contribution in [-0.2, 0) is 6.42 Å². The molecular weight excluding hydrogens is 354 g/mol. The Hall–Kier alpha value is -3.54. The molecule has 0 fully saturated rings. The van der Waals surface area contributed by atoms with Gasteiger partial charge in [-0.15, -0.1) is 0 Å². The fraction of sp³-hybridized carbons (Fsp3) is 0.182. The molecule has 0 aliphatic rings. The van der Waals surface area contributed by atoms with Gasteiger partial charge in [0.2, 0.25) is 0 Å². The van der Waals surface area contributed by atoms with E-state index in [9.17, 15) is 4.79 Å².